The summed E-state index contributed by atoms with van der Waals surface area (Å²) in [4.78, 5) is 10.7. The topological polar surface area (TPSA) is 76.0 Å². The molecule has 5 nitrogen and oxygen atoms in total. The Kier molecular flexibility index (Phi) is 3.47. The Labute approximate surface area is 82.6 Å². The average molecular weight is 204 g/mol. The van der Waals surface area contributed by atoms with Gasteiger partial charge in [0.15, 0.2) is 12.4 Å². The highest BCUT2D eigenvalue weighted by atomic mass is 16.7. The zero-order valence-electron chi connectivity index (χ0n) is 8.51. The molecular formula is C9H16O5. The number of rotatable bonds is 2. The third-order valence-electron chi connectivity index (χ3n) is 2.86. The van der Waals surface area contributed by atoms with Gasteiger partial charge >= 0.3 is 5.97 Å². The van der Waals surface area contributed by atoms with E-state index < -0.39 is 24.5 Å². The molecule has 0 aliphatic carbocycles. The lowest BCUT2D eigenvalue weighted by Crippen LogP contribution is -2.52. The molecular weight excluding hydrogens is 188 g/mol. The van der Waals surface area contributed by atoms with Crippen LogP contribution in [-0.4, -0.2) is 41.8 Å². The van der Waals surface area contributed by atoms with Crippen LogP contribution in [-0.2, 0) is 14.3 Å². The van der Waals surface area contributed by atoms with Gasteiger partial charge in [-0.3, -0.25) is 0 Å². The fourth-order valence-corrected chi connectivity index (χ4v) is 1.66. The Balaban J connectivity index is 2.78. The lowest BCUT2D eigenvalue weighted by atomic mass is 9.85. The maximum Gasteiger partial charge on any atom is 0.335 e. The molecule has 1 saturated heterocycles. The molecule has 0 aromatic heterocycles. The zero-order valence-corrected chi connectivity index (χ0v) is 8.51. The van der Waals surface area contributed by atoms with E-state index in [1.807, 2.05) is 6.92 Å². The third-order valence-corrected chi connectivity index (χ3v) is 2.86. The van der Waals surface area contributed by atoms with Gasteiger partial charge < -0.3 is 19.7 Å². The number of hydrogen-bond donors (Lipinski definition) is 2. The van der Waals surface area contributed by atoms with Gasteiger partial charge in [-0.25, -0.2) is 4.79 Å². The van der Waals surface area contributed by atoms with Crippen LogP contribution in [0.25, 0.3) is 0 Å². The van der Waals surface area contributed by atoms with E-state index in [0.29, 0.717) is 0 Å². The van der Waals surface area contributed by atoms with Crippen LogP contribution in [0.4, 0.5) is 0 Å². The standard InChI is InChI=1S/C9H16O5/c1-4-5(2)9(13-3)14-7(6(4)10)8(11)12/h4-7,9-10H,1-3H3,(H,11,12)/t4?,5?,6-,7?,9+/m0/s1. The van der Waals surface area contributed by atoms with Crippen molar-refractivity contribution >= 4 is 5.97 Å². The van der Waals surface area contributed by atoms with Crippen molar-refractivity contribution in [1.29, 1.82) is 0 Å². The lowest BCUT2D eigenvalue weighted by molar-refractivity contribution is -0.254. The van der Waals surface area contributed by atoms with Gasteiger partial charge in [-0.1, -0.05) is 13.8 Å². The smallest absolute Gasteiger partial charge is 0.335 e. The van der Waals surface area contributed by atoms with Crippen LogP contribution >= 0.6 is 0 Å². The molecule has 1 fully saturated rings. The molecule has 1 aliphatic rings. The molecule has 0 amide bonds. The molecule has 1 aliphatic heterocycles. The van der Waals surface area contributed by atoms with Gasteiger partial charge in [-0.05, 0) is 5.92 Å². The number of aliphatic hydroxyl groups excluding tert-OH is 1. The molecule has 1 rings (SSSR count). The predicted octanol–water partition coefficient (Wildman–Crippen LogP) is 0.0754. The minimum Gasteiger partial charge on any atom is -0.479 e. The van der Waals surface area contributed by atoms with Crippen molar-refractivity contribution in [2.75, 3.05) is 7.11 Å². The Morgan fingerprint density at radius 3 is 2.36 bits per heavy atom. The van der Waals surface area contributed by atoms with Gasteiger partial charge in [0, 0.05) is 13.0 Å². The van der Waals surface area contributed by atoms with Crippen molar-refractivity contribution in [2.24, 2.45) is 11.8 Å². The predicted molar refractivity (Wildman–Crippen MR) is 47.6 cm³/mol. The Bertz CT molecular complexity index is 215. The van der Waals surface area contributed by atoms with Gasteiger partial charge in [-0.15, -0.1) is 0 Å². The van der Waals surface area contributed by atoms with Crippen molar-refractivity contribution in [3.05, 3.63) is 0 Å². The monoisotopic (exact) mass is 204 g/mol. The van der Waals surface area contributed by atoms with Crippen LogP contribution in [0.1, 0.15) is 13.8 Å². The van der Waals surface area contributed by atoms with Gasteiger partial charge in [0.05, 0.1) is 6.10 Å². The van der Waals surface area contributed by atoms with Crippen LogP contribution in [0.15, 0.2) is 0 Å². The molecule has 0 aromatic carbocycles. The summed E-state index contributed by atoms with van der Waals surface area (Å²) < 4.78 is 10.1. The molecule has 0 aromatic rings. The number of carboxylic acids is 1. The number of carboxylic acid groups (broad SMARTS) is 1. The summed E-state index contributed by atoms with van der Waals surface area (Å²) in [6, 6.07) is 0. The Morgan fingerprint density at radius 1 is 1.36 bits per heavy atom. The minimum absolute atomic E-state index is 0.0226. The van der Waals surface area contributed by atoms with Crippen molar-refractivity contribution in [3.63, 3.8) is 0 Å². The second-order valence-electron chi connectivity index (χ2n) is 3.71. The zero-order chi connectivity index (χ0) is 10.9. The molecule has 3 unspecified atom stereocenters. The second-order valence-corrected chi connectivity index (χ2v) is 3.71. The van der Waals surface area contributed by atoms with Gasteiger partial charge in [0.1, 0.15) is 0 Å². The molecule has 5 atom stereocenters. The van der Waals surface area contributed by atoms with Crippen molar-refractivity contribution < 1.29 is 24.5 Å². The number of ether oxygens (including phenoxy) is 2. The van der Waals surface area contributed by atoms with E-state index in [4.69, 9.17) is 14.6 Å². The van der Waals surface area contributed by atoms with Crippen LogP contribution in [0.3, 0.4) is 0 Å². The molecule has 0 radical (unpaired) electrons. The van der Waals surface area contributed by atoms with Gasteiger partial charge in [-0.2, -0.15) is 0 Å². The number of methoxy groups -OCH3 is 1. The van der Waals surface area contributed by atoms with E-state index in [1.54, 1.807) is 6.92 Å². The molecule has 2 N–H and O–H groups in total. The summed E-state index contributed by atoms with van der Waals surface area (Å²) in [5, 5.41) is 18.4. The van der Waals surface area contributed by atoms with Crippen LogP contribution in [0.2, 0.25) is 0 Å². The van der Waals surface area contributed by atoms with E-state index >= 15 is 0 Å². The molecule has 1 heterocycles. The second kappa shape index (κ2) is 4.25. The lowest BCUT2D eigenvalue weighted by Gasteiger charge is -2.39. The van der Waals surface area contributed by atoms with Crippen molar-refractivity contribution in [2.45, 2.75) is 32.3 Å². The van der Waals surface area contributed by atoms with Gasteiger partial charge in [0.2, 0.25) is 0 Å². The maximum absolute atomic E-state index is 10.7. The molecule has 82 valence electrons. The quantitative estimate of drug-likeness (QED) is 0.666. The minimum atomic E-state index is -1.19. The molecule has 14 heavy (non-hydrogen) atoms. The number of aliphatic carboxylic acids is 1. The van der Waals surface area contributed by atoms with Gasteiger partial charge in [0.25, 0.3) is 0 Å². The molecule has 0 bridgehead atoms. The van der Waals surface area contributed by atoms with Crippen LogP contribution in [0, 0.1) is 11.8 Å². The average Bonchev–Trinajstić information content (AvgIpc) is 2.14. The summed E-state index contributed by atoms with van der Waals surface area (Å²) in [6.45, 7) is 3.65. The van der Waals surface area contributed by atoms with Crippen molar-refractivity contribution in [3.8, 4) is 0 Å². The summed E-state index contributed by atoms with van der Waals surface area (Å²) in [6.07, 6.45) is -2.73. The highest BCUT2D eigenvalue weighted by Crippen LogP contribution is 2.30. The number of aliphatic hydroxyl groups is 1. The van der Waals surface area contributed by atoms with E-state index in [-0.39, 0.29) is 11.8 Å². The van der Waals surface area contributed by atoms with Crippen molar-refractivity contribution in [1.82, 2.24) is 0 Å². The number of carbonyl (C=O) groups is 1. The number of hydrogen-bond acceptors (Lipinski definition) is 4. The van der Waals surface area contributed by atoms with E-state index in [9.17, 15) is 9.90 Å². The fraction of sp³-hybridized carbons (Fsp3) is 0.889. The summed E-state index contributed by atoms with van der Waals surface area (Å²) in [5.74, 6) is -1.33. The first-order valence-electron chi connectivity index (χ1n) is 4.58. The maximum atomic E-state index is 10.7. The largest absolute Gasteiger partial charge is 0.479 e. The Hall–Kier alpha value is -0.650. The SMILES string of the molecule is CO[C@@H]1OC(C(=O)O)[C@@H](O)C(C)C1C. The fourth-order valence-electron chi connectivity index (χ4n) is 1.66. The first kappa shape index (κ1) is 11.4. The normalized spacial score (nSPS) is 43.6. The van der Waals surface area contributed by atoms with E-state index in [0.717, 1.165) is 0 Å². The van der Waals surface area contributed by atoms with Crippen LogP contribution < -0.4 is 0 Å². The first-order valence-corrected chi connectivity index (χ1v) is 4.58. The first-order chi connectivity index (χ1) is 6.49. The summed E-state index contributed by atoms with van der Waals surface area (Å²) in [5.41, 5.74) is 0. The summed E-state index contributed by atoms with van der Waals surface area (Å²) >= 11 is 0. The summed E-state index contributed by atoms with van der Waals surface area (Å²) in [7, 11) is 1.46. The molecule has 0 saturated carbocycles. The van der Waals surface area contributed by atoms with Crippen LogP contribution in [0.5, 0.6) is 0 Å². The highest BCUT2D eigenvalue weighted by molar-refractivity contribution is 5.73. The molecule has 0 spiro atoms. The molecule has 5 heteroatoms. The van der Waals surface area contributed by atoms with E-state index in [1.165, 1.54) is 7.11 Å². The third kappa shape index (κ3) is 1.89. The Morgan fingerprint density at radius 2 is 1.93 bits per heavy atom. The highest BCUT2D eigenvalue weighted by Gasteiger charge is 2.44. The van der Waals surface area contributed by atoms with E-state index in [2.05, 4.69) is 0 Å².